The molecule has 37 heavy (non-hydrogen) atoms. The SMILES string of the molecule is Cc1ccc(C(=O)Nc2cccc(-c3nccn3CCCCCCN)c2)cc1NC(=O)c1ccccc1. The van der Waals surface area contributed by atoms with Crippen LogP contribution < -0.4 is 16.4 Å². The van der Waals surface area contributed by atoms with E-state index < -0.39 is 0 Å². The Morgan fingerprint density at radius 2 is 1.62 bits per heavy atom. The zero-order valence-electron chi connectivity index (χ0n) is 21.1. The number of hydrogen-bond acceptors (Lipinski definition) is 4. The van der Waals surface area contributed by atoms with Crippen LogP contribution in [0.1, 0.15) is 52.0 Å². The number of nitrogens with zero attached hydrogens (tertiary/aromatic N) is 2. The van der Waals surface area contributed by atoms with Gasteiger partial charge in [0.25, 0.3) is 11.8 Å². The molecule has 0 atom stereocenters. The van der Waals surface area contributed by atoms with E-state index in [9.17, 15) is 9.59 Å². The molecule has 0 aliphatic carbocycles. The third-order valence-corrected chi connectivity index (χ3v) is 6.23. The first-order chi connectivity index (χ1) is 18.0. The molecule has 7 nitrogen and oxygen atoms in total. The van der Waals surface area contributed by atoms with Gasteiger partial charge in [0, 0.05) is 47.0 Å². The van der Waals surface area contributed by atoms with Crippen LogP contribution in [0.3, 0.4) is 0 Å². The monoisotopic (exact) mass is 495 g/mol. The van der Waals surface area contributed by atoms with E-state index in [1.165, 1.54) is 0 Å². The molecule has 1 aromatic heterocycles. The van der Waals surface area contributed by atoms with Crippen LogP contribution in [0.2, 0.25) is 0 Å². The van der Waals surface area contributed by atoms with Gasteiger partial charge in [-0.15, -0.1) is 0 Å². The molecule has 0 saturated heterocycles. The standard InChI is InChI=1S/C30H33N5O2/c1-22-14-15-25(21-27(22)34-29(36)23-10-5-4-6-11-23)30(37)33-26-13-9-12-24(20-26)28-32-17-19-35(28)18-8-3-2-7-16-31/h4-6,9-15,17,19-21H,2-3,7-8,16,18,31H2,1H3,(H,33,37)(H,34,36). The summed E-state index contributed by atoms with van der Waals surface area (Å²) in [6.45, 7) is 3.52. The number of nitrogens with two attached hydrogens (primary N) is 1. The fourth-order valence-electron chi connectivity index (χ4n) is 4.15. The molecule has 0 fully saturated rings. The van der Waals surface area contributed by atoms with Crippen molar-refractivity contribution in [1.29, 1.82) is 0 Å². The number of nitrogens with one attached hydrogen (secondary N) is 2. The van der Waals surface area contributed by atoms with Gasteiger partial charge in [0.05, 0.1) is 0 Å². The van der Waals surface area contributed by atoms with Crippen LogP contribution in [0.4, 0.5) is 11.4 Å². The van der Waals surface area contributed by atoms with Crippen molar-refractivity contribution in [2.45, 2.75) is 39.2 Å². The number of imidazole rings is 1. The van der Waals surface area contributed by atoms with Crippen molar-refractivity contribution in [1.82, 2.24) is 9.55 Å². The normalized spacial score (nSPS) is 10.8. The molecule has 4 aromatic rings. The van der Waals surface area contributed by atoms with Gasteiger partial charge in [0.15, 0.2) is 0 Å². The van der Waals surface area contributed by atoms with E-state index in [0.717, 1.165) is 55.7 Å². The Labute approximate surface area is 217 Å². The molecule has 0 aliphatic rings. The number of carbonyl (C=O) groups is 2. The molecule has 4 rings (SSSR count). The van der Waals surface area contributed by atoms with Gasteiger partial charge in [-0.1, -0.05) is 49.2 Å². The van der Waals surface area contributed by atoms with Crippen LogP contribution in [-0.4, -0.2) is 27.9 Å². The Balaban J connectivity index is 1.44. The number of rotatable bonds is 11. The van der Waals surface area contributed by atoms with Crippen LogP contribution in [0.15, 0.2) is 85.2 Å². The molecule has 0 unspecified atom stereocenters. The maximum atomic E-state index is 13.1. The van der Waals surface area contributed by atoms with E-state index >= 15 is 0 Å². The number of carbonyl (C=O) groups excluding carboxylic acids is 2. The van der Waals surface area contributed by atoms with Gasteiger partial charge >= 0.3 is 0 Å². The van der Waals surface area contributed by atoms with Gasteiger partial charge in [-0.3, -0.25) is 9.59 Å². The van der Waals surface area contributed by atoms with Gasteiger partial charge in [-0.05, 0) is 68.3 Å². The maximum Gasteiger partial charge on any atom is 0.255 e. The third kappa shape index (κ3) is 6.92. The van der Waals surface area contributed by atoms with Gasteiger partial charge in [0.2, 0.25) is 0 Å². The van der Waals surface area contributed by atoms with Crippen LogP contribution in [-0.2, 0) is 6.54 Å². The molecule has 0 saturated carbocycles. The second-order valence-electron chi connectivity index (χ2n) is 9.03. The molecule has 190 valence electrons. The number of aromatic nitrogens is 2. The number of hydrogen-bond donors (Lipinski definition) is 3. The van der Waals surface area contributed by atoms with Crippen molar-refractivity contribution in [3.63, 3.8) is 0 Å². The van der Waals surface area contributed by atoms with Crippen molar-refractivity contribution in [2.75, 3.05) is 17.2 Å². The quantitative estimate of drug-likeness (QED) is 0.226. The molecule has 2 amide bonds. The Hall–Kier alpha value is -4.23. The second kappa shape index (κ2) is 12.6. The van der Waals surface area contributed by atoms with Crippen molar-refractivity contribution in [3.8, 4) is 11.4 Å². The minimum absolute atomic E-state index is 0.219. The molecule has 3 aromatic carbocycles. The highest BCUT2D eigenvalue weighted by Crippen LogP contribution is 2.24. The van der Waals surface area contributed by atoms with E-state index in [-0.39, 0.29) is 11.8 Å². The van der Waals surface area contributed by atoms with Crippen LogP contribution >= 0.6 is 0 Å². The van der Waals surface area contributed by atoms with E-state index in [0.29, 0.717) is 22.5 Å². The Morgan fingerprint density at radius 3 is 2.43 bits per heavy atom. The Bertz CT molecular complexity index is 1350. The highest BCUT2D eigenvalue weighted by atomic mass is 16.2. The smallest absolute Gasteiger partial charge is 0.255 e. The topological polar surface area (TPSA) is 102 Å². The maximum absolute atomic E-state index is 13.1. The number of aryl methyl sites for hydroxylation is 2. The average molecular weight is 496 g/mol. The fourth-order valence-corrected chi connectivity index (χ4v) is 4.15. The van der Waals surface area contributed by atoms with Crippen molar-refractivity contribution >= 4 is 23.2 Å². The van der Waals surface area contributed by atoms with Crippen LogP contribution in [0.25, 0.3) is 11.4 Å². The molecular weight excluding hydrogens is 462 g/mol. The van der Waals surface area contributed by atoms with Crippen LogP contribution in [0.5, 0.6) is 0 Å². The van der Waals surface area contributed by atoms with Crippen LogP contribution in [0, 0.1) is 6.92 Å². The first-order valence-corrected chi connectivity index (χ1v) is 12.6. The Morgan fingerprint density at radius 1 is 0.838 bits per heavy atom. The summed E-state index contributed by atoms with van der Waals surface area (Å²) in [6.07, 6.45) is 8.18. The lowest BCUT2D eigenvalue weighted by atomic mass is 10.1. The molecule has 4 N–H and O–H groups in total. The highest BCUT2D eigenvalue weighted by Gasteiger charge is 2.13. The van der Waals surface area contributed by atoms with Gasteiger partial charge in [0.1, 0.15) is 5.82 Å². The molecule has 0 bridgehead atoms. The molecule has 1 heterocycles. The Kier molecular flexibility index (Phi) is 8.84. The fraction of sp³-hybridized carbons (Fsp3) is 0.233. The molecule has 0 radical (unpaired) electrons. The molecule has 0 aliphatic heterocycles. The summed E-state index contributed by atoms with van der Waals surface area (Å²) in [7, 11) is 0. The zero-order chi connectivity index (χ0) is 26.0. The summed E-state index contributed by atoms with van der Waals surface area (Å²) in [4.78, 5) is 30.2. The average Bonchev–Trinajstić information content (AvgIpc) is 3.39. The van der Waals surface area contributed by atoms with Crippen molar-refractivity contribution in [2.24, 2.45) is 5.73 Å². The largest absolute Gasteiger partial charge is 0.331 e. The summed E-state index contributed by atoms with van der Waals surface area (Å²) in [5, 5.41) is 5.89. The number of amides is 2. The number of benzene rings is 3. The summed E-state index contributed by atoms with van der Waals surface area (Å²) >= 11 is 0. The molecule has 0 spiro atoms. The van der Waals surface area contributed by atoms with Crippen molar-refractivity contribution in [3.05, 3.63) is 102 Å². The highest BCUT2D eigenvalue weighted by molar-refractivity contribution is 6.07. The minimum Gasteiger partial charge on any atom is -0.331 e. The lowest BCUT2D eigenvalue weighted by molar-refractivity contribution is 0.101. The second-order valence-corrected chi connectivity index (χ2v) is 9.03. The van der Waals surface area contributed by atoms with E-state index in [2.05, 4.69) is 20.2 Å². The summed E-state index contributed by atoms with van der Waals surface area (Å²) < 4.78 is 2.14. The summed E-state index contributed by atoms with van der Waals surface area (Å²) in [5.41, 5.74) is 9.68. The summed E-state index contributed by atoms with van der Waals surface area (Å²) in [6, 6.07) is 22.0. The molecular formula is C30H33N5O2. The first kappa shape index (κ1) is 25.9. The predicted molar refractivity (Wildman–Crippen MR) is 149 cm³/mol. The van der Waals surface area contributed by atoms with Gasteiger partial charge < -0.3 is 20.9 Å². The van der Waals surface area contributed by atoms with Gasteiger partial charge in [-0.25, -0.2) is 4.98 Å². The number of unbranched alkanes of at least 4 members (excludes halogenated alkanes) is 3. The first-order valence-electron chi connectivity index (χ1n) is 12.6. The zero-order valence-corrected chi connectivity index (χ0v) is 21.1. The lowest BCUT2D eigenvalue weighted by Gasteiger charge is -2.12. The van der Waals surface area contributed by atoms with E-state index in [1.807, 2.05) is 61.7 Å². The van der Waals surface area contributed by atoms with E-state index in [1.54, 1.807) is 30.5 Å². The lowest BCUT2D eigenvalue weighted by Crippen LogP contribution is -2.15. The predicted octanol–water partition coefficient (Wildman–Crippen LogP) is 5.88. The number of anilines is 2. The van der Waals surface area contributed by atoms with Crippen molar-refractivity contribution < 1.29 is 9.59 Å². The molecule has 7 heteroatoms. The minimum atomic E-state index is -0.254. The third-order valence-electron chi connectivity index (χ3n) is 6.23. The van der Waals surface area contributed by atoms with E-state index in [4.69, 9.17) is 5.73 Å². The summed E-state index contributed by atoms with van der Waals surface area (Å²) in [5.74, 6) is 0.399. The van der Waals surface area contributed by atoms with Gasteiger partial charge in [-0.2, -0.15) is 0 Å².